The number of rotatable bonds is 7. The topological polar surface area (TPSA) is 242 Å². The third-order valence-corrected chi connectivity index (χ3v) is 14.1. The molecule has 4 saturated carbocycles. The molecule has 7 aliphatic rings. The Bertz CT molecular complexity index is 1340. The summed E-state index contributed by atoms with van der Waals surface area (Å²) in [5, 5.41) is 87.0. The monoisotopic (exact) mass is 712 g/mol. The number of fused-ring (bicyclic) bond motifs is 5. The summed E-state index contributed by atoms with van der Waals surface area (Å²) >= 11 is 0. The highest BCUT2D eigenvalue weighted by atomic mass is 16.7. The maximum Gasteiger partial charge on any atom is 0.331 e. The quantitative estimate of drug-likeness (QED) is 0.0858. The zero-order valence-electron chi connectivity index (χ0n) is 28.5. The van der Waals surface area contributed by atoms with Gasteiger partial charge in [-0.15, -0.1) is 0 Å². The predicted molar refractivity (Wildman–Crippen MR) is 167 cm³/mol. The van der Waals surface area contributed by atoms with E-state index in [0.717, 1.165) is 18.3 Å². The average molecular weight is 713 g/mol. The number of carbonyl (C=O) groups is 2. The Morgan fingerprint density at radius 1 is 0.860 bits per heavy atom. The van der Waals surface area contributed by atoms with Gasteiger partial charge in [0.25, 0.3) is 0 Å². The lowest BCUT2D eigenvalue weighted by Gasteiger charge is -2.65. The molecule has 7 rings (SSSR count). The van der Waals surface area contributed by atoms with Crippen LogP contribution < -0.4 is 0 Å². The van der Waals surface area contributed by atoms with Crippen molar-refractivity contribution in [2.45, 2.75) is 150 Å². The summed E-state index contributed by atoms with van der Waals surface area (Å²) in [6.07, 6.45) is -8.63. The van der Waals surface area contributed by atoms with Crippen LogP contribution in [0.15, 0.2) is 11.6 Å². The Balaban J connectivity index is 1.02. The van der Waals surface area contributed by atoms with Crippen LogP contribution in [0, 0.1) is 28.6 Å². The van der Waals surface area contributed by atoms with Crippen LogP contribution >= 0.6 is 0 Å². The SMILES string of the molecule is C[C@@H]1O[C@H](O[C@H]2CC[C@]3(C=O)[C@H]4CC[C@]5(C)[C@@H](C6=CC(=O)OC6)CC[C@@]5(O)[C@@H]4CC[C@@]3(O)C2)[C@@H](O)[C@H](O)[C@H]1O[C@@H]1O[C@H](CO)[C@@H](O)[C@H](O)[C@H]1O. The molecular weight excluding hydrogens is 660 g/mol. The molecule has 15 heteroatoms. The van der Waals surface area contributed by atoms with E-state index in [0.29, 0.717) is 38.5 Å². The van der Waals surface area contributed by atoms with Crippen LogP contribution in [0.1, 0.15) is 71.6 Å². The summed E-state index contributed by atoms with van der Waals surface area (Å²) in [6, 6.07) is 0. The lowest BCUT2D eigenvalue weighted by atomic mass is 9.41. The van der Waals surface area contributed by atoms with Crippen molar-refractivity contribution in [3.63, 3.8) is 0 Å². The molecule has 15 nitrogen and oxygen atoms in total. The van der Waals surface area contributed by atoms with Crippen LogP contribution in [-0.4, -0.2) is 145 Å². The van der Waals surface area contributed by atoms with Crippen LogP contribution in [0.3, 0.4) is 0 Å². The number of aldehydes is 1. The number of hydrogen-bond donors (Lipinski definition) is 8. The molecule has 50 heavy (non-hydrogen) atoms. The number of aliphatic hydroxyl groups excluding tert-OH is 6. The van der Waals surface area contributed by atoms with Gasteiger partial charge in [0.05, 0.1) is 35.4 Å². The molecule has 0 aromatic rings. The standard InChI is InChI=1S/C35H52O15/c1-16-29(50-31-27(42)25(40)24(39)22(13-36)49-31)26(41)28(43)30(47-16)48-18-3-8-33(15-37)20-4-7-32(2)19(17-11-23(38)46-14-17)6-10-35(32,45)21(20)5-9-34(33,44)12-18/h11,15-16,18-22,24-31,36,39-45H,3-10,12-14H2,1-2H3/t16-,18-,19+,20-,21+,22+,24+,25-,26-,27+,28-,29-,30+,31-,32+,33-,34+,35+/m0/s1. The first-order chi connectivity index (χ1) is 23.6. The van der Waals surface area contributed by atoms with Gasteiger partial charge >= 0.3 is 5.97 Å². The smallest absolute Gasteiger partial charge is 0.331 e. The molecule has 2 saturated heterocycles. The van der Waals surface area contributed by atoms with Crippen molar-refractivity contribution in [1.29, 1.82) is 0 Å². The minimum absolute atomic E-state index is 0.00102. The van der Waals surface area contributed by atoms with Gasteiger partial charge in [0, 0.05) is 17.9 Å². The lowest BCUT2D eigenvalue weighted by Crippen LogP contribution is -2.69. The highest BCUT2D eigenvalue weighted by Gasteiger charge is 2.71. The van der Waals surface area contributed by atoms with E-state index in [9.17, 15) is 50.4 Å². The van der Waals surface area contributed by atoms with E-state index < -0.39 is 96.2 Å². The second kappa shape index (κ2) is 13.1. The number of cyclic esters (lactones) is 1. The van der Waals surface area contributed by atoms with Gasteiger partial charge < -0.3 is 69.3 Å². The lowest BCUT2D eigenvalue weighted by molar-refractivity contribution is -0.361. The van der Waals surface area contributed by atoms with Gasteiger partial charge in [0.15, 0.2) is 12.6 Å². The van der Waals surface area contributed by atoms with E-state index in [2.05, 4.69) is 6.92 Å². The number of esters is 1. The first-order valence-electron chi connectivity index (χ1n) is 18.0. The molecular formula is C35H52O15. The van der Waals surface area contributed by atoms with Gasteiger partial charge in [-0.2, -0.15) is 0 Å². The normalized spacial score (nSPS) is 55.0. The van der Waals surface area contributed by atoms with E-state index in [4.69, 9.17) is 23.7 Å². The van der Waals surface area contributed by atoms with Gasteiger partial charge in [-0.05, 0) is 81.6 Å². The molecule has 0 spiro atoms. The van der Waals surface area contributed by atoms with Crippen LogP contribution in [0.5, 0.6) is 0 Å². The molecule has 282 valence electrons. The summed E-state index contributed by atoms with van der Waals surface area (Å²) in [6.45, 7) is 3.22. The fourth-order valence-electron chi connectivity index (χ4n) is 11.3. The molecule has 3 aliphatic heterocycles. The van der Waals surface area contributed by atoms with Crippen molar-refractivity contribution >= 4 is 12.3 Å². The van der Waals surface area contributed by atoms with Crippen molar-refractivity contribution in [2.24, 2.45) is 28.6 Å². The maximum absolute atomic E-state index is 13.2. The van der Waals surface area contributed by atoms with Crippen LogP contribution in [0.2, 0.25) is 0 Å². The molecule has 4 aliphatic carbocycles. The molecule has 0 unspecified atom stereocenters. The molecule has 0 aromatic carbocycles. The highest BCUT2D eigenvalue weighted by Crippen LogP contribution is 2.70. The van der Waals surface area contributed by atoms with Gasteiger partial charge in [0.2, 0.25) is 0 Å². The summed E-state index contributed by atoms with van der Waals surface area (Å²) in [5.41, 5.74) is -3.20. The number of ether oxygens (including phenoxy) is 5. The van der Waals surface area contributed by atoms with Crippen molar-refractivity contribution in [3.05, 3.63) is 11.6 Å². The van der Waals surface area contributed by atoms with Crippen molar-refractivity contribution in [1.82, 2.24) is 0 Å². The minimum Gasteiger partial charge on any atom is -0.458 e. The fraction of sp³-hybridized carbons (Fsp3) is 0.886. The first-order valence-corrected chi connectivity index (χ1v) is 18.0. The largest absolute Gasteiger partial charge is 0.458 e. The van der Waals surface area contributed by atoms with Gasteiger partial charge in [0.1, 0.15) is 55.6 Å². The molecule has 0 amide bonds. The Labute approximate surface area is 290 Å². The Morgan fingerprint density at radius 2 is 1.56 bits per heavy atom. The van der Waals surface area contributed by atoms with E-state index in [-0.39, 0.29) is 43.2 Å². The summed E-state index contributed by atoms with van der Waals surface area (Å²) in [7, 11) is 0. The van der Waals surface area contributed by atoms with Crippen LogP contribution in [0.4, 0.5) is 0 Å². The third kappa shape index (κ3) is 5.37. The second-order valence-corrected chi connectivity index (χ2v) is 16.2. The average Bonchev–Trinajstić information content (AvgIpc) is 3.64. The molecule has 0 aromatic heterocycles. The molecule has 3 heterocycles. The van der Waals surface area contributed by atoms with E-state index in [1.807, 2.05) is 0 Å². The van der Waals surface area contributed by atoms with E-state index in [1.165, 1.54) is 0 Å². The maximum atomic E-state index is 13.2. The predicted octanol–water partition coefficient (Wildman–Crippen LogP) is -1.43. The number of aliphatic hydroxyl groups is 8. The Kier molecular flexibility index (Phi) is 9.60. The van der Waals surface area contributed by atoms with Gasteiger partial charge in [-0.25, -0.2) is 4.79 Å². The number of hydrogen-bond acceptors (Lipinski definition) is 15. The molecule has 6 fully saturated rings. The Morgan fingerprint density at radius 3 is 2.24 bits per heavy atom. The van der Waals surface area contributed by atoms with Gasteiger partial charge in [-0.3, -0.25) is 0 Å². The fourth-order valence-corrected chi connectivity index (χ4v) is 11.3. The first kappa shape index (κ1) is 36.7. The number of carbonyl (C=O) groups excluding carboxylic acids is 2. The Hall–Kier alpha value is -1.60. The molecule has 8 N–H and O–H groups in total. The second-order valence-electron chi connectivity index (χ2n) is 16.2. The van der Waals surface area contributed by atoms with Crippen LogP contribution in [-0.2, 0) is 33.3 Å². The van der Waals surface area contributed by atoms with E-state index >= 15 is 0 Å². The third-order valence-electron chi connectivity index (χ3n) is 14.1. The summed E-state index contributed by atoms with van der Waals surface area (Å²) in [4.78, 5) is 25.1. The zero-order valence-corrected chi connectivity index (χ0v) is 28.5. The molecule has 18 atom stereocenters. The van der Waals surface area contributed by atoms with Crippen molar-refractivity contribution in [3.8, 4) is 0 Å². The molecule has 0 radical (unpaired) electrons. The van der Waals surface area contributed by atoms with Crippen molar-refractivity contribution in [2.75, 3.05) is 13.2 Å². The minimum atomic E-state index is -1.71. The highest BCUT2D eigenvalue weighted by molar-refractivity contribution is 5.85. The summed E-state index contributed by atoms with van der Waals surface area (Å²) in [5.74, 6) is -0.830. The van der Waals surface area contributed by atoms with Crippen molar-refractivity contribution < 1.29 is 74.1 Å². The van der Waals surface area contributed by atoms with Crippen LogP contribution in [0.25, 0.3) is 0 Å². The van der Waals surface area contributed by atoms with Gasteiger partial charge in [-0.1, -0.05) is 6.92 Å². The molecule has 0 bridgehead atoms. The zero-order chi connectivity index (χ0) is 36.0. The summed E-state index contributed by atoms with van der Waals surface area (Å²) < 4.78 is 28.4. The van der Waals surface area contributed by atoms with E-state index in [1.54, 1.807) is 13.0 Å².